The van der Waals surface area contributed by atoms with Gasteiger partial charge >= 0.3 is 5.97 Å². The molecule has 0 atom stereocenters. The van der Waals surface area contributed by atoms with Crippen LogP contribution in [0.5, 0.6) is 0 Å². The average molecular weight is 270 g/mol. The van der Waals surface area contributed by atoms with Gasteiger partial charge in [0.2, 0.25) is 0 Å². The molecule has 1 aromatic heterocycles. The lowest BCUT2D eigenvalue weighted by atomic mass is 10.1. The average Bonchev–Trinajstić information content (AvgIpc) is 2.41. The predicted octanol–water partition coefficient (Wildman–Crippen LogP) is 2.72. The molecule has 20 heavy (non-hydrogen) atoms. The van der Waals surface area contributed by atoms with Gasteiger partial charge in [0.25, 0.3) is 0 Å². The highest BCUT2D eigenvalue weighted by Gasteiger charge is 2.07. The van der Waals surface area contributed by atoms with Crippen LogP contribution in [0.1, 0.15) is 27.2 Å². The van der Waals surface area contributed by atoms with Crippen molar-refractivity contribution in [3.05, 3.63) is 65.0 Å². The zero-order valence-corrected chi connectivity index (χ0v) is 11.7. The van der Waals surface area contributed by atoms with Gasteiger partial charge in [0.15, 0.2) is 0 Å². The molecule has 4 heteroatoms. The van der Waals surface area contributed by atoms with Crippen LogP contribution in [0.15, 0.2) is 42.6 Å². The van der Waals surface area contributed by atoms with E-state index in [1.165, 1.54) is 11.1 Å². The second-order valence-electron chi connectivity index (χ2n) is 5.01. The molecule has 0 aliphatic heterocycles. The number of rotatable bonds is 5. The van der Waals surface area contributed by atoms with Gasteiger partial charge in [-0.3, -0.25) is 4.90 Å². The van der Waals surface area contributed by atoms with E-state index in [2.05, 4.69) is 41.1 Å². The summed E-state index contributed by atoms with van der Waals surface area (Å²) >= 11 is 0. The molecule has 0 radical (unpaired) electrons. The van der Waals surface area contributed by atoms with Gasteiger partial charge in [-0.2, -0.15) is 0 Å². The summed E-state index contributed by atoms with van der Waals surface area (Å²) in [7, 11) is 2.01. The Bertz CT molecular complexity index is 594. The van der Waals surface area contributed by atoms with E-state index in [1.54, 1.807) is 12.3 Å². The Morgan fingerprint density at radius 1 is 1.15 bits per heavy atom. The van der Waals surface area contributed by atoms with E-state index in [9.17, 15) is 4.79 Å². The summed E-state index contributed by atoms with van der Waals surface area (Å²) in [4.78, 5) is 16.9. The van der Waals surface area contributed by atoms with Crippen molar-refractivity contribution in [2.45, 2.75) is 20.0 Å². The maximum absolute atomic E-state index is 10.9. The zero-order valence-electron chi connectivity index (χ0n) is 11.7. The third kappa shape index (κ3) is 3.90. The fourth-order valence-corrected chi connectivity index (χ4v) is 2.06. The first-order valence-corrected chi connectivity index (χ1v) is 6.47. The minimum absolute atomic E-state index is 0.0891. The Morgan fingerprint density at radius 3 is 2.45 bits per heavy atom. The van der Waals surface area contributed by atoms with E-state index in [4.69, 9.17) is 5.11 Å². The Labute approximate surface area is 118 Å². The van der Waals surface area contributed by atoms with Gasteiger partial charge in [-0.1, -0.05) is 29.8 Å². The highest BCUT2D eigenvalue weighted by atomic mass is 16.4. The standard InChI is InChI=1S/C16H18N2O2/c1-12-3-5-13(6-4-12)10-18(2)11-14-7-8-17-15(9-14)16(19)20/h3-9H,10-11H2,1-2H3,(H,19,20). The first-order chi connectivity index (χ1) is 9.54. The van der Waals surface area contributed by atoms with Gasteiger partial charge < -0.3 is 5.11 Å². The van der Waals surface area contributed by atoms with Crippen molar-refractivity contribution >= 4 is 5.97 Å². The highest BCUT2D eigenvalue weighted by molar-refractivity contribution is 5.85. The minimum Gasteiger partial charge on any atom is -0.477 e. The Hall–Kier alpha value is -2.20. The molecule has 0 saturated heterocycles. The van der Waals surface area contributed by atoms with Crippen LogP contribution in [0, 0.1) is 6.92 Å². The first-order valence-electron chi connectivity index (χ1n) is 6.47. The SMILES string of the molecule is Cc1ccc(CN(C)Cc2ccnc(C(=O)O)c2)cc1. The number of aromatic carboxylic acids is 1. The van der Waals surface area contributed by atoms with Gasteiger partial charge in [0.1, 0.15) is 5.69 Å². The summed E-state index contributed by atoms with van der Waals surface area (Å²) in [5.41, 5.74) is 3.53. The van der Waals surface area contributed by atoms with Crippen LogP contribution in [-0.4, -0.2) is 28.0 Å². The van der Waals surface area contributed by atoms with Crippen LogP contribution in [-0.2, 0) is 13.1 Å². The van der Waals surface area contributed by atoms with Crippen molar-refractivity contribution in [3.63, 3.8) is 0 Å². The van der Waals surface area contributed by atoms with E-state index in [0.717, 1.165) is 12.1 Å². The molecule has 0 saturated carbocycles. The lowest BCUT2D eigenvalue weighted by molar-refractivity contribution is 0.0690. The second kappa shape index (κ2) is 6.30. The summed E-state index contributed by atoms with van der Waals surface area (Å²) in [6, 6.07) is 11.9. The minimum atomic E-state index is -0.993. The fourth-order valence-electron chi connectivity index (χ4n) is 2.06. The normalized spacial score (nSPS) is 10.8. The number of carbonyl (C=O) groups is 1. The number of carboxylic acids is 1. The van der Waals surface area contributed by atoms with Crippen molar-refractivity contribution in [2.24, 2.45) is 0 Å². The molecule has 4 nitrogen and oxygen atoms in total. The van der Waals surface area contributed by atoms with Crippen LogP contribution >= 0.6 is 0 Å². The number of hydrogen-bond acceptors (Lipinski definition) is 3. The van der Waals surface area contributed by atoms with E-state index >= 15 is 0 Å². The quantitative estimate of drug-likeness (QED) is 0.907. The third-order valence-electron chi connectivity index (χ3n) is 3.07. The summed E-state index contributed by atoms with van der Waals surface area (Å²) < 4.78 is 0. The van der Waals surface area contributed by atoms with Crippen LogP contribution in [0.4, 0.5) is 0 Å². The monoisotopic (exact) mass is 270 g/mol. The summed E-state index contributed by atoms with van der Waals surface area (Å²) in [5.74, 6) is -0.993. The third-order valence-corrected chi connectivity index (χ3v) is 3.07. The van der Waals surface area contributed by atoms with Crippen molar-refractivity contribution in [1.29, 1.82) is 0 Å². The van der Waals surface area contributed by atoms with Crippen molar-refractivity contribution in [2.75, 3.05) is 7.05 Å². The van der Waals surface area contributed by atoms with E-state index in [-0.39, 0.29) is 5.69 Å². The zero-order chi connectivity index (χ0) is 14.5. The molecule has 0 unspecified atom stereocenters. The smallest absolute Gasteiger partial charge is 0.354 e. The lowest BCUT2D eigenvalue weighted by Crippen LogP contribution is -2.17. The maximum atomic E-state index is 10.9. The van der Waals surface area contributed by atoms with Crippen molar-refractivity contribution < 1.29 is 9.90 Å². The molecule has 0 fully saturated rings. The molecule has 1 aromatic carbocycles. The maximum Gasteiger partial charge on any atom is 0.354 e. The van der Waals surface area contributed by atoms with Crippen molar-refractivity contribution in [1.82, 2.24) is 9.88 Å². The Balaban J connectivity index is 2.00. The van der Waals surface area contributed by atoms with E-state index in [1.807, 2.05) is 13.1 Å². The molecule has 104 valence electrons. The molecule has 0 aliphatic rings. The Morgan fingerprint density at radius 2 is 1.80 bits per heavy atom. The second-order valence-corrected chi connectivity index (χ2v) is 5.01. The molecule has 1 heterocycles. The highest BCUT2D eigenvalue weighted by Crippen LogP contribution is 2.10. The van der Waals surface area contributed by atoms with E-state index in [0.29, 0.717) is 6.54 Å². The molecule has 2 aromatic rings. The van der Waals surface area contributed by atoms with Crippen molar-refractivity contribution in [3.8, 4) is 0 Å². The lowest BCUT2D eigenvalue weighted by Gasteiger charge is -2.17. The van der Waals surface area contributed by atoms with Crippen LogP contribution in [0.2, 0.25) is 0 Å². The van der Waals surface area contributed by atoms with Crippen LogP contribution < -0.4 is 0 Å². The van der Waals surface area contributed by atoms with Gasteiger partial charge in [-0.15, -0.1) is 0 Å². The number of pyridine rings is 1. The van der Waals surface area contributed by atoms with E-state index < -0.39 is 5.97 Å². The van der Waals surface area contributed by atoms with Gasteiger partial charge in [0.05, 0.1) is 0 Å². The largest absolute Gasteiger partial charge is 0.477 e. The summed E-state index contributed by atoms with van der Waals surface area (Å²) in [5, 5.41) is 8.93. The first kappa shape index (κ1) is 14.2. The predicted molar refractivity (Wildman–Crippen MR) is 77.5 cm³/mol. The molecule has 0 bridgehead atoms. The number of aryl methyl sites for hydroxylation is 1. The number of aromatic nitrogens is 1. The molecule has 0 aliphatic carbocycles. The van der Waals surface area contributed by atoms with Crippen LogP contribution in [0.25, 0.3) is 0 Å². The van der Waals surface area contributed by atoms with Crippen LogP contribution in [0.3, 0.4) is 0 Å². The number of carboxylic acid groups (broad SMARTS) is 1. The summed E-state index contributed by atoms with van der Waals surface area (Å²) in [6.45, 7) is 3.58. The molecule has 2 rings (SSSR count). The summed E-state index contributed by atoms with van der Waals surface area (Å²) in [6.07, 6.45) is 1.54. The molecule has 0 spiro atoms. The Kier molecular flexibility index (Phi) is 4.48. The molecule has 0 amide bonds. The van der Waals surface area contributed by atoms with Gasteiger partial charge in [-0.25, -0.2) is 9.78 Å². The number of hydrogen-bond donors (Lipinski definition) is 1. The topological polar surface area (TPSA) is 53.4 Å². The molecule has 1 N–H and O–H groups in total. The fraction of sp³-hybridized carbons (Fsp3) is 0.250. The molecular weight excluding hydrogens is 252 g/mol. The van der Waals surface area contributed by atoms with Gasteiger partial charge in [-0.05, 0) is 37.2 Å². The van der Waals surface area contributed by atoms with Gasteiger partial charge in [0, 0.05) is 19.3 Å². The number of benzene rings is 1. The number of nitrogens with zero attached hydrogens (tertiary/aromatic N) is 2. The molecular formula is C16H18N2O2.